The molecular weight excluding hydrogens is 550 g/mol. The predicted molar refractivity (Wildman–Crippen MR) is 152 cm³/mol. The van der Waals surface area contributed by atoms with Crippen LogP contribution in [0.1, 0.15) is 12.8 Å². The predicted octanol–water partition coefficient (Wildman–Crippen LogP) is 9.15. The first-order valence-electron chi connectivity index (χ1n) is 12.5. The van der Waals surface area contributed by atoms with Crippen molar-refractivity contribution in [3.05, 3.63) is 139 Å². The maximum Gasteiger partial charge on any atom is 0.647 e. The van der Waals surface area contributed by atoms with Gasteiger partial charge in [0, 0.05) is 6.42 Å². The lowest BCUT2D eigenvalue weighted by molar-refractivity contribution is 0.250. The topological polar surface area (TPSA) is 89.5 Å². The van der Waals surface area contributed by atoms with Crippen LogP contribution in [0.3, 0.4) is 0 Å². The molecule has 0 saturated carbocycles. The third-order valence-electron chi connectivity index (χ3n) is 5.34. The van der Waals surface area contributed by atoms with Gasteiger partial charge in [0.15, 0.2) is 0 Å². The Morgan fingerprint density at radius 3 is 1.15 bits per heavy atom. The Balaban J connectivity index is 1.34. The fourth-order valence-electron chi connectivity index (χ4n) is 3.56. The van der Waals surface area contributed by atoms with Crippen molar-refractivity contribution in [3.63, 3.8) is 0 Å². The van der Waals surface area contributed by atoms with E-state index in [0.717, 1.165) is 6.42 Å². The van der Waals surface area contributed by atoms with Crippen LogP contribution in [0.25, 0.3) is 0 Å². The Morgan fingerprint density at radius 2 is 0.800 bits per heavy atom. The molecule has 0 aliphatic heterocycles. The Labute approximate surface area is 232 Å². The van der Waals surface area contributed by atoms with E-state index in [2.05, 4.69) is 0 Å². The lowest BCUT2D eigenvalue weighted by atomic mass is 10.2. The van der Waals surface area contributed by atoms with Gasteiger partial charge in [-0.2, -0.15) is 9.13 Å². The second-order valence-corrected chi connectivity index (χ2v) is 11.3. The molecule has 0 fully saturated rings. The number of hydrogen-bond donors (Lipinski definition) is 0. The highest BCUT2D eigenvalue weighted by atomic mass is 31.2. The maximum atomic E-state index is 13.7. The summed E-state index contributed by atoms with van der Waals surface area (Å²) in [6.07, 6.45) is 6.84. The van der Waals surface area contributed by atoms with Gasteiger partial charge in [-0.1, -0.05) is 66.7 Å². The van der Waals surface area contributed by atoms with Crippen molar-refractivity contribution in [1.82, 2.24) is 0 Å². The highest BCUT2D eigenvalue weighted by Gasteiger charge is 2.35. The van der Waals surface area contributed by atoms with Crippen molar-refractivity contribution in [1.29, 1.82) is 0 Å². The molecule has 4 aromatic rings. The number of rotatable bonds is 12. The summed E-state index contributed by atoms with van der Waals surface area (Å²) in [5, 5.41) is 0. The molecule has 0 bridgehead atoms. The van der Waals surface area contributed by atoms with Gasteiger partial charge in [0.1, 0.15) is 34.5 Å². The molecular formula is C30H26O8P2. The minimum atomic E-state index is -4.17. The average molecular weight is 576 g/mol. The Hall–Kier alpha value is -4.38. The summed E-state index contributed by atoms with van der Waals surface area (Å²) >= 11 is 0. The van der Waals surface area contributed by atoms with E-state index in [1.54, 1.807) is 91.0 Å². The molecule has 1 aliphatic rings. The lowest BCUT2D eigenvalue weighted by Crippen LogP contribution is -2.08. The fourth-order valence-corrected chi connectivity index (χ4v) is 6.13. The van der Waals surface area contributed by atoms with E-state index < -0.39 is 15.6 Å². The van der Waals surface area contributed by atoms with Gasteiger partial charge in [-0.15, -0.1) is 0 Å². The summed E-state index contributed by atoms with van der Waals surface area (Å²) in [4.78, 5) is 0. The van der Waals surface area contributed by atoms with Gasteiger partial charge < -0.3 is 27.1 Å². The second-order valence-electron chi connectivity index (χ2n) is 8.45. The van der Waals surface area contributed by atoms with E-state index in [0.29, 0.717) is 29.4 Å². The molecule has 0 spiro atoms. The first-order chi connectivity index (χ1) is 19.5. The highest BCUT2D eigenvalue weighted by Crippen LogP contribution is 2.53. The number of phosphoric ester groups is 2. The van der Waals surface area contributed by atoms with E-state index in [9.17, 15) is 9.13 Å². The summed E-state index contributed by atoms with van der Waals surface area (Å²) < 4.78 is 61.6. The zero-order chi connectivity index (χ0) is 27.7. The molecule has 0 saturated heterocycles. The van der Waals surface area contributed by atoms with Crippen molar-refractivity contribution >= 4 is 15.6 Å². The van der Waals surface area contributed by atoms with E-state index in [1.165, 1.54) is 24.3 Å². The van der Waals surface area contributed by atoms with Crippen molar-refractivity contribution < 1.29 is 36.3 Å². The molecule has 10 heteroatoms. The normalized spacial score (nSPS) is 14.2. The van der Waals surface area contributed by atoms with Crippen LogP contribution in [0.15, 0.2) is 139 Å². The minimum Gasteiger partial charge on any atom is -0.390 e. The number of phosphoric acid groups is 2. The molecule has 8 nitrogen and oxygen atoms in total. The van der Waals surface area contributed by atoms with E-state index in [-0.39, 0.29) is 11.5 Å². The SMILES string of the molecule is O=P(OC1=CC=CCC1)(Oc1ccccc1)Oc1ccc(OP(=O)(Oc2ccccc2)Oc2ccccc2)cc1. The van der Waals surface area contributed by atoms with E-state index in [1.807, 2.05) is 18.2 Å². The molecule has 5 rings (SSSR count). The molecule has 204 valence electrons. The van der Waals surface area contributed by atoms with Crippen molar-refractivity contribution in [2.45, 2.75) is 12.8 Å². The maximum absolute atomic E-state index is 13.7. The Kier molecular flexibility index (Phi) is 8.60. The van der Waals surface area contributed by atoms with Crippen LogP contribution in [0.4, 0.5) is 0 Å². The second kappa shape index (κ2) is 12.6. The lowest BCUT2D eigenvalue weighted by Gasteiger charge is -2.22. The Bertz CT molecular complexity index is 1490. The van der Waals surface area contributed by atoms with Crippen molar-refractivity contribution in [3.8, 4) is 28.7 Å². The van der Waals surface area contributed by atoms with Crippen LogP contribution in [0, 0.1) is 0 Å². The van der Waals surface area contributed by atoms with E-state index >= 15 is 0 Å². The monoisotopic (exact) mass is 576 g/mol. The smallest absolute Gasteiger partial charge is 0.390 e. The minimum absolute atomic E-state index is 0.169. The molecule has 0 aromatic heterocycles. The largest absolute Gasteiger partial charge is 0.647 e. The fraction of sp³-hybridized carbons (Fsp3) is 0.0667. The van der Waals surface area contributed by atoms with Gasteiger partial charge in [-0.3, -0.25) is 0 Å². The van der Waals surface area contributed by atoms with Gasteiger partial charge >= 0.3 is 15.6 Å². The van der Waals surface area contributed by atoms with Crippen molar-refractivity contribution in [2.75, 3.05) is 0 Å². The molecule has 4 aromatic carbocycles. The van der Waals surface area contributed by atoms with Crippen molar-refractivity contribution in [2.24, 2.45) is 0 Å². The number of hydrogen-bond acceptors (Lipinski definition) is 8. The van der Waals surface area contributed by atoms with Crippen LogP contribution in [0.2, 0.25) is 0 Å². The van der Waals surface area contributed by atoms with Crippen LogP contribution in [-0.2, 0) is 13.7 Å². The molecule has 1 aliphatic carbocycles. The first kappa shape index (κ1) is 27.2. The molecule has 0 heterocycles. The number of benzene rings is 4. The molecule has 0 N–H and O–H groups in total. The van der Waals surface area contributed by atoms with Crippen LogP contribution >= 0.6 is 15.6 Å². The number of para-hydroxylation sites is 3. The quantitative estimate of drug-likeness (QED) is 0.154. The first-order valence-corrected chi connectivity index (χ1v) is 15.4. The average Bonchev–Trinajstić information content (AvgIpc) is 2.96. The summed E-state index contributed by atoms with van der Waals surface area (Å²) in [5.41, 5.74) is 0. The zero-order valence-corrected chi connectivity index (χ0v) is 23.1. The summed E-state index contributed by atoms with van der Waals surface area (Å²) in [7, 11) is -8.30. The van der Waals surface area contributed by atoms with Crippen LogP contribution in [-0.4, -0.2) is 0 Å². The zero-order valence-electron chi connectivity index (χ0n) is 21.3. The summed E-state index contributed by atoms with van der Waals surface area (Å²) in [5.74, 6) is 1.78. The Morgan fingerprint density at radius 1 is 0.450 bits per heavy atom. The standard InChI is InChI=1S/C30H26O8P2/c31-39(33-25-13-5-1-6-14-25,34-26-15-7-2-8-16-26)37-29-21-23-30(24-22-29)38-40(32,35-27-17-9-3-10-18-27)36-28-19-11-4-12-20-28/h1-11,13-19,21-24H,12,20H2. The van der Waals surface area contributed by atoms with Crippen LogP contribution in [0.5, 0.6) is 28.7 Å². The molecule has 0 radical (unpaired) electrons. The summed E-state index contributed by atoms with van der Waals surface area (Å²) in [6.45, 7) is 0. The van der Waals surface area contributed by atoms with Gasteiger partial charge in [0.2, 0.25) is 0 Å². The molecule has 1 atom stereocenters. The van der Waals surface area contributed by atoms with Gasteiger partial charge in [-0.05, 0) is 73.2 Å². The third-order valence-corrected chi connectivity index (χ3v) is 7.97. The van der Waals surface area contributed by atoms with Crippen LogP contribution < -0.4 is 22.6 Å². The molecule has 40 heavy (non-hydrogen) atoms. The highest BCUT2D eigenvalue weighted by molar-refractivity contribution is 7.50. The number of allylic oxidation sites excluding steroid dienone is 4. The van der Waals surface area contributed by atoms with E-state index in [4.69, 9.17) is 27.1 Å². The van der Waals surface area contributed by atoms with Gasteiger partial charge in [0.25, 0.3) is 0 Å². The van der Waals surface area contributed by atoms with Gasteiger partial charge in [0.05, 0.1) is 0 Å². The molecule has 0 amide bonds. The van der Waals surface area contributed by atoms with Gasteiger partial charge in [-0.25, -0.2) is 0 Å². The summed E-state index contributed by atoms with van der Waals surface area (Å²) in [6, 6.07) is 31.7. The molecule has 1 unspecified atom stereocenters. The third kappa shape index (κ3) is 7.82.